The molecule has 0 unspecified atom stereocenters. The van der Waals surface area contributed by atoms with Gasteiger partial charge in [-0.25, -0.2) is 8.78 Å². The highest BCUT2D eigenvalue weighted by Gasteiger charge is 2.43. The Balaban J connectivity index is 1.79. The normalized spacial score (nSPS) is 18.7. The minimum absolute atomic E-state index is 0.103. The Bertz CT molecular complexity index is 1050. The first-order chi connectivity index (χ1) is 13.5. The van der Waals surface area contributed by atoms with Gasteiger partial charge < -0.3 is 10.2 Å². The van der Waals surface area contributed by atoms with Crippen LogP contribution < -0.4 is 5.32 Å². The quantitative estimate of drug-likeness (QED) is 0.702. The number of benzene rings is 2. The zero-order chi connectivity index (χ0) is 19.8. The second-order valence-electron chi connectivity index (χ2n) is 6.55. The van der Waals surface area contributed by atoms with E-state index in [9.17, 15) is 18.4 Å². The monoisotopic (exact) mass is 398 g/mol. The smallest absolute Gasteiger partial charge is 0.254 e. The van der Waals surface area contributed by atoms with Crippen LogP contribution in [0.15, 0.2) is 60.0 Å². The summed E-state index contributed by atoms with van der Waals surface area (Å²) in [6.45, 7) is 0. The molecule has 0 bridgehead atoms. The Morgan fingerprint density at radius 1 is 1.11 bits per heavy atom. The first-order valence-corrected chi connectivity index (χ1v) is 9.50. The summed E-state index contributed by atoms with van der Waals surface area (Å²) in [7, 11) is 1.65. The number of carbonyl (C=O) groups excluding carboxylic acids is 2. The number of anilines is 1. The van der Waals surface area contributed by atoms with Crippen molar-refractivity contribution >= 4 is 28.8 Å². The molecule has 4 nitrogen and oxygen atoms in total. The number of halogens is 2. The molecule has 0 spiro atoms. The van der Waals surface area contributed by atoms with Gasteiger partial charge in [-0.05, 0) is 35.2 Å². The summed E-state index contributed by atoms with van der Waals surface area (Å²) in [6.07, 6.45) is 0. The van der Waals surface area contributed by atoms with Crippen molar-refractivity contribution in [3.05, 3.63) is 87.6 Å². The molecule has 0 radical (unpaired) electrons. The van der Waals surface area contributed by atoms with Crippen molar-refractivity contribution in [2.24, 2.45) is 0 Å². The molecule has 142 valence electrons. The van der Waals surface area contributed by atoms with E-state index in [2.05, 4.69) is 5.32 Å². The van der Waals surface area contributed by atoms with Gasteiger partial charge in [-0.15, -0.1) is 11.3 Å². The van der Waals surface area contributed by atoms with Crippen LogP contribution in [0.5, 0.6) is 0 Å². The largest absolute Gasteiger partial charge is 0.333 e. The Morgan fingerprint density at radius 3 is 2.61 bits per heavy atom. The number of amides is 2. The van der Waals surface area contributed by atoms with Crippen LogP contribution >= 0.6 is 11.3 Å². The number of hydrogen-bond donors (Lipinski definition) is 1. The van der Waals surface area contributed by atoms with Crippen LogP contribution in [0.1, 0.15) is 32.8 Å². The number of fused-ring (bicyclic) bond motifs is 1. The molecule has 3 aromatic rings. The van der Waals surface area contributed by atoms with Crippen molar-refractivity contribution in [2.75, 3.05) is 12.4 Å². The summed E-state index contributed by atoms with van der Waals surface area (Å²) in [5.74, 6) is -2.95. The van der Waals surface area contributed by atoms with Gasteiger partial charge in [0.15, 0.2) is 0 Å². The fraction of sp³-hybridized carbons (Fsp3) is 0.143. The van der Waals surface area contributed by atoms with E-state index in [1.165, 1.54) is 17.4 Å². The lowest BCUT2D eigenvalue weighted by molar-refractivity contribution is -0.119. The Morgan fingerprint density at radius 2 is 1.89 bits per heavy atom. The second-order valence-corrected chi connectivity index (χ2v) is 7.53. The van der Waals surface area contributed by atoms with Crippen LogP contribution in [0, 0.1) is 11.6 Å². The molecule has 28 heavy (non-hydrogen) atoms. The van der Waals surface area contributed by atoms with E-state index < -0.39 is 29.5 Å². The number of nitrogens with zero attached hydrogens (tertiary/aromatic N) is 1. The number of thiophene rings is 1. The molecule has 0 fully saturated rings. The van der Waals surface area contributed by atoms with E-state index in [0.29, 0.717) is 11.1 Å². The second kappa shape index (κ2) is 7.16. The van der Waals surface area contributed by atoms with Crippen molar-refractivity contribution in [1.29, 1.82) is 0 Å². The van der Waals surface area contributed by atoms with E-state index >= 15 is 0 Å². The van der Waals surface area contributed by atoms with Gasteiger partial charge in [0.1, 0.15) is 11.6 Å². The van der Waals surface area contributed by atoms with Crippen molar-refractivity contribution in [3.63, 3.8) is 0 Å². The molecule has 4 rings (SSSR count). The molecule has 1 N–H and O–H groups in total. The molecule has 2 heterocycles. The van der Waals surface area contributed by atoms with Gasteiger partial charge >= 0.3 is 0 Å². The van der Waals surface area contributed by atoms with Crippen LogP contribution in [-0.4, -0.2) is 23.8 Å². The number of carbonyl (C=O) groups is 2. The zero-order valence-electron chi connectivity index (χ0n) is 14.9. The molecule has 0 saturated heterocycles. The van der Waals surface area contributed by atoms with Gasteiger partial charge in [0.2, 0.25) is 5.91 Å². The van der Waals surface area contributed by atoms with Gasteiger partial charge in [0.25, 0.3) is 5.91 Å². The summed E-state index contributed by atoms with van der Waals surface area (Å²) in [6, 6.07) is 13.1. The lowest BCUT2D eigenvalue weighted by Gasteiger charge is -2.39. The van der Waals surface area contributed by atoms with Gasteiger partial charge in [0, 0.05) is 23.6 Å². The Kier molecular flexibility index (Phi) is 4.68. The van der Waals surface area contributed by atoms with Crippen LogP contribution in [0.2, 0.25) is 0 Å². The fourth-order valence-electron chi connectivity index (χ4n) is 3.57. The van der Waals surface area contributed by atoms with E-state index in [-0.39, 0.29) is 11.6 Å². The molecule has 2 aromatic carbocycles. The average molecular weight is 398 g/mol. The number of likely N-dealkylation sites (N-methyl/N-ethyl adjacent to an activating group) is 1. The predicted octanol–water partition coefficient (Wildman–Crippen LogP) is 4.58. The fourth-order valence-corrected chi connectivity index (χ4v) is 4.48. The lowest BCUT2D eigenvalue weighted by atomic mass is 9.81. The first kappa shape index (κ1) is 18.3. The minimum atomic E-state index is -0.852. The Hall–Kier alpha value is -3.06. The van der Waals surface area contributed by atoms with Gasteiger partial charge in [-0.1, -0.05) is 24.3 Å². The van der Waals surface area contributed by atoms with Gasteiger partial charge in [0.05, 0.1) is 17.6 Å². The van der Waals surface area contributed by atoms with E-state index in [0.717, 1.165) is 17.0 Å². The average Bonchev–Trinajstić information content (AvgIpc) is 3.21. The molecule has 1 aliphatic heterocycles. The molecular weight excluding hydrogens is 382 g/mol. The molecule has 2 atom stereocenters. The van der Waals surface area contributed by atoms with Crippen LogP contribution in [0.3, 0.4) is 0 Å². The maximum absolute atomic E-state index is 14.1. The van der Waals surface area contributed by atoms with Crippen molar-refractivity contribution < 1.29 is 18.4 Å². The summed E-state index contributed by atoms with van der Waals surface area (Å²) in [4.78, 5) is 28.5. The minimum Gasteiger partial charge on any atom is -0.333 e. The maximum Gasteiger partial charge on any atom is 0.254 e. The lowest BCUT2D eigenvalue weighted by Crippen LogP contribution is -2.43. The summed E-state index contributed by atoms with van der Waals surface area (Å²) >= 11 is 1.44. The number of nitrogens with one attached hydrogen (secondary N) is 1. The molecule has 1 aliphatic rings. The van der Waals surface area contributed by atoms with Crippen LogP contribution in [-0.2, 0) is 4.79 Å². The molecule has 7 heteroatoms. The third-order valence-electron chi connectivity index (χ3n) is 4.89. The van der Waals surface area contributed by atoms with E-state index in [1.807, 2.05) is 17.5 Å². The van der Waals surface area contributed by atoms with Crippen LogP contribution in [0.25, 0.3) is 0 Å². The predicted molar refractivity (Wildman–Crippen MR) is 103 cm³/mol. The summed E-state index contributed by atoms with van der Waals surface area (Å²) in [5, 5.41) is 4.44. The standard InChI is InChI=1S/C21H16F2N2O2S/c1-25-19(17-7-4-10-28-17)18(13-5-2-3-6-14(13)21(25)27)20(26)24-16-9-8-12(22)11-15(16)23/h2-11,18-19H,1H3,(H,24,26)/t18-,19+/m0/s1. The number of hydrogen-bond acceptors (Lipinski definition) is 3. The van der Waals surface area contributed by atoms with Crippen LogP contribution in [0.4, 0.5) is 14.5 Å². The molecule has 1 aromatic heterocycles. The first-order valence-electron chi connectivity index (χ1n) is 8.63. The van der Waals surface area contributed by atoms with E-state index in [4.69, 9.17) is 0 Å². The molecule has 0 saturated carbocycles. The van der Waals surface area contributed by atoms with Gasteiger partial charge in [-0.2, -0.15) is 0 Å². The van der Waals surface area contributed by atoms with Crippen molar-refractivity contribution in [1.82, 2.24) is 4.90 Å². The van der Waals surface area contributed by atoms with E-state index in [1.54, 1.807) is 36.2 Å². The number of rotatable bonds is 3. The third-order valence-corrected chi connectivity index (χ3v) is 5.83. The highest BCUT2D eigenvalue weighted by atomic mass is 32.1. The molecule has 2 amide bonds. The SMILES string of the molecule is CN1C(=O)c2ccccc2[C@H](C(=O)Nc2ccc(F)cc2F)[C@H]1c1cccs1. The zero-order valence-corrected chi connectivity index (χ0v) is 15.7. The summed E-state index contributed by atoms with van der Waals surface area (Å²) < 4.78 is 27.2. The Labute approximate surface area is 164 Å². The van der Waals surface area contributed by atoms with Crippen molar-refractivity contribution in [2.45, 2.75) is 12.0 Å². The molecular formula is C21H16F2N2O2S. The van der Waals surface area contributed by atoms with Crippen molar-refractivity contribution in [3.8, 4) is 0 Å². The molecule has 0 aliphatic carbocycles. The topological polar surface area (TPSA) is 49.4 Å². The third kappa shape index (κ3) is 3.07. The highest BCUT2D eigenvalue weighted by molar-refractivity contribution is 7.10. The van der Waals surface area contributed by atoms with Gasteiger partial charge in [-0.3, -0.25) is 9.59 Å². The summed E-state index contributed by atoms with van der Waals surface area (Å²) in [5.41, 5.74) is 0.926. The maximum atomic E-state index is 14.1. The highest BCUT2D eigenvalue weighted by Crippen LogP contribution is 2.43.